The Morgan fingerprint density at radius 3 is 2.43 bits per heavy atom. The number of likely N-dealkylation sites (N-methyl/N-ethyl adjacent to an activating group) is 1. The number of para-hydroxylation sites is 1. The Hall–Kier alpha value is -3.92. The fourth-order valence-corrected chi connectivity index (χ4v) is 4.47. The lowest BCUT2D eigenvalue weighted by molar-refractivity contribution is -0.145. The van der Waals surface area contributed by atoms with Crippen molar-refractivity contribution in [2.24, 2.45) is 0 Å². The summed E-state index contributed by atoms with van der Waals surface area (Å²) in [5.74, 6) is -1.50. The first-order valence-corrected chi connectivity index (χ1v) is 12.5. The number of β-amino-alcohol motifs (C(OH)–C–C–N with tert-alkyl or cyclic N) is 1. The van der Waals surface area contributed by atoms with Crippen LogP contribution in [0, 0.1) is 0 Å². The molecule has 0 aromatic heterocycles. The highest BCUT2D eigenvalue weighted by Crippen LogP contribution is 2.20. The summed E-state index contributed by atoms with van der Waals surface area (Å²) in [5.41, 5.74) is 1.09. The van der Waals surface area contributed by atoms with Gasteiger partial charge in [0.15, 0.2) is 0 Å². The van der Waals surface area contributed by atoms with Gasteiger partial charge in [-0.15, -0.1) is 0 Å². The van der Waals surface area contributed by atoms with Gasteiger partial charge in [-0.1, -0.05) is 42.5 Å². The van der Waals surface area contributed by atoms with Crippen molar-refractivity contribution in [1.29, 1.82) is 0 Å². The van der Waals surface area contributed by atoms with Crippen molar-refractivity contribution in [1.82, 2.24) is 20.4 Å². The number of ether oxygens (including phenoxy) is 1. The molecule has 1 fully saturated rings. The molecule has 4 amide bonds. The van der Waals surface area contributed by atoms with Gasteiger partial charge in [0.1, 0.15) is 24.4 Å². The second-order valence-electron chi connectivity index (χ2n) is 9.20. The molecule has 2 atom stereocenters. The van der Waals surface area contributed by atoms with Crippen LogP contribution in [-0.4, -0.2) is 89.5 Å². The number of nitrogens with zero attached hydrogens (tertiary/aromatic N) is 2. The summed E-state index contributed by atoms with van der Waals surface area (Å²) in [4.78, 5) is 55.9. The topological polar surface area (TPSA) is 128 Å². The van der Waals surface area contributed by atoms with E-state index in [0.29, 0.717) is 12.3 Å². The number of amides is 4. The molecule has 4 rings (SSSR count). The summed E-state index contributed by atoms with van der Waals surface area (Å²) >= 11 is 0. The average Bonchev–Trinajstić information content (AvgIpc) is 2.88. The van der Waals surface area contributed by atoms with Crippen molar-refractivity contribution in [3.05, 3.63) is 65.7 Å². The fourth-order valence-electron chi connectivity index (χ4n) is 4.47. The zero-order chi connectivity index (χ0) is 26.4. The summed E-state index contributed by atoms with van der Waals surface area (Å²) in [6.07, 6.45) is -0.714. The van der Waals surface area contributed by atoms with E-state index in [1.807, 2.05) is 37.3 Å². The monoisotopic (exact) mass is 508 g/mol. The van der Waals surface area contributed by atoms with Gasteiger partial charge in [-0.3, -0.25) is 19.2 Å². The van der Waals surface area contributed by atoms with Gasteiger partial charge in [-0.2, -0.15) is 0 Å². The number of hydrogen-bond donors (Lipinski definition) is 3. The Kier molecular flexibility index (Phi) is 8.39. The molecular formula is C27H32N4O6. The normalized spacial score (nSPS) is 21.6. The minimum Gasteiger partial charge on any atom is -0.491 e. The number of aliphatic hydroxyl groups excluding tert-OH is 1. The van der Waals surface area contributed by atoms with Crippen LogP contribution >= 0.6 is 0 Å². The van der Waals surface area contributed by atoms with Gasteiger partial charge in [-0.05, 0) is 24.6 Å². The molecule has 0 radical (unpaired) electrons. The second kappa shape index (κ2) is 11.9. The predicted octanol–water partition coefficient (Wildman–Crippen LogP) is 0.347. The smallest absolute Gasteiger partial charge is 0.255 e. The molecule has 0 aliphatic carbocycles. The summed E-state index contributed by atoms with van der Waals surface area (Å²) in [6.45, 7) is 2.93. The van der Waals surface area contributed by atoms with E-state index in [1.54, 1.807) is 29.2 Å². The molecule has 3 N–H and O–H groups in total. The molecule has 10 nitrogen and oxygen atoms in total. The van der Waals surface area contributed by atoms with E-state index in [4.69, 9.17) is 4.74 Å². The molecule has 0 unspecified atom stereocenters. The lowest BCUT2D eigenvalue weighted by Crippen LogP contribution is -2.60. The Morgan fingerprint density at radius 1 is 1.03 bits per heavy atom. The van der Waals surface area contributed by atoms with Crippen molar-refractivity contribution in [2.75, 3.05) is 32.8 Å². The number of carbonyl (C=O) groups is 4. The van der Waals surface area contributed by atoms with E-state index < -0.39 is 35.9 Å². The first kappa shape index (κ1) is 26.2. The lowest BCUT2D eigenvalue weighted by Gasteiger charge is -2.38. The maximum atomic E-state index is 13.5. The minimum atomic E-state index is -1.18. The van der Waals surface area contributed by atoms with E-state index in [9.17, 15) is 24.3 Å². The number of hydrogen-bond acceptors (Lipinski definition) is 6. The minimum absolute atomic E-state index is 0.132. The lowest BCUT2D eigenvalue weighted by atomic mass is 10.0. The molecule has 0 bridgehead atoms. The molecule has 10 heteroatoms. The molecule has 2 aliphatic heterocycles. The van der Waals surface area contributed by atoms with Crippen LogP contribution in [0.15, 0.2) is 54.6 Å². The Labute approximate surface area is 215 Å². The molecule has 196 valence electrons. The molecule has 2 aromatic rings. The van der Waals surface area contributed by atoms with Crippen molar-refractivity contribution in [3.63, 3.8) is 0 Å². The number of carbonyl (C=O) groups excluding carboxylic acids is 4. The van der Waals surface area contributed by atoms with Gasteiger partial charge >= 0.3 is 0 Å². The molecule has 2 heterocycles. The van der Waals surface area contributed by atoms with E-state index in [2.05, 4.69) is 10.6 Å². The maximum Gasteiger partial charge on any atom is 0.255 e. The van der Waals surface area contributed by atoms with Crippen molar-refractivity contribution < 1.29 is 29.0 Å². The molecular weight excluding hydrogens is 476 g/mol. The van der Waals surface area contributed by atoms with Crippen LogP contribution in [0.25, 0.3) is 0 Å². The first-order valence-electron chi connectivity index (χ1n) is 12.5. The van der Waals surface area contributed by atoms with Crippen LogP contribution in [0.5, 0.6) is 5.75 Å². The van der Waals surface area contributed by atoms with Gasteiger partial charge in [0.05, 0.1) is 24.6 Å². The van der Waals surface area contributed by atoms with E-state index in [-0.39, 0.29) is 50.6 Å². The van der Waals surface area contributed by atoms with Crippen molar-refractivity contribution in [3.8, 4) is 5.75 Å². The summed E-state index contributed by atoms with van der Waals surface area (Å²) in [6, 6.07) is 13.9. The molecule has 37 heavy (non-hydrogen) atoms. The fraction of sp³-hybridized carbons (Fsp3) is 0.407. The highest BCUT2D eigenvalue weighted by Gasteiger charge is 2.36. The van der Waals surface area contributed by atoms with E-state index in [1.165, 1.54) is 4.90 Å². The summed E-state index contributed by atoms with van der Waals surface area (Å²) in [7, 11) is 0. The van der Waals surface area contributed by atoms with Gasteiger partial charge in [0.2, 0.25) is 17.7 Å². The molecule has 0 spiro atoms. The molecule has 0 saturated carbocycles. The highest BCUT2D eigenvalue weighted by atomic mass is 16.5. The Balaban J connectivity index is 1.64. The van der Waals surface area contributed by atoms with Crippen LogP contribution in [-0.2, 0) is 20.8 Å². The quantitative estimate of drug-likeness (QED) is 0.547. The van der Waals surface area contributed by atoms with E-state index in [0.717, 1.165) is 5.56 Å². The van der Waals surface area contributed by atoms with Crippen LogP contribution in [0.1, 0.15) is 29.3 Å². The zero-order valence-electron chi connectivity index (χ0n) is 20.8. The summed E-state index contributed by atoms with van der Waals surface area (Å²) < 4.78 is 5.88. The summed E-state index contributed by atoms with van der Waals surface area (Å²) in [5, 5.41) is 15.1. The van der Waals surface area contributed by atoms with Gasteiger partial charge in [0, 0.05) is 26.1 Å². The largest absolute Gasteiger partial charge is 0.491 e. The molecule has 2 aromatic carbocycles. The SMILES string of the molecule is CCN1CCOc2ccccc2C(=O)N[C@H](C(=O)N2CC(O)C2)CC(=O)N[C@H](Cc2ccccc2)C1=O. The third kappa shape index (κ3) is 6.45. The van der Waals surface area contributed by atoms with Crippen LogP contribution in [0.2, 0.25) is 0 Å². The number of benzene rings is 2. The maximum absolute atomic E-state index is 13.5. The number of nitrogens with one attached hydrogen (secondary N) is 2. The van der Waals surface area contributed by atoms with Crippen LogP contribution in [0.3, 0.4) is 0 Å². The van der Waals surface area contributed by atoms with Gasteiger partial charge in [0.25, 0.3) is 5.91 Å². The van der Waals surface area contributed by atoms with Gasteiger partial charge < -0.3 is 30.3 Å². The number of fused-ring (bicyclic) bond motifs is 1. The van der Waals surface area contributed by atoms with E-state index >= 15 is 0 Å². The highest BCUT2D eigenvalue weighted by molar-refractivity contribution is 6.01. The Morgan fingerprint density at radius 2 is 1.73 bits per heavy atom. The third-order valence-corrected chi connectivity index (χ3v) is 6.53. The average molecular weight is 509 g/mol. The number of rotatable bonds is 4. The predicted molar refractivity (Wildman–Crippen MR) is 135 cm³/mol. The van der Waals surface area contributed by atoms with Crippen molar-refractivity contribution in [2.45, 2.75) is 38.0 Å². The second-order valence-corrected chi connectivity index (χ2v) is 9.20. The number of aliphatic hydroxyl groups is 1. The Bertz CT molecular complexity index is 1130. The van der Waals surface area contributed by atoms with Gasteiger partial charge in [-0.25, -0.2) is 0 Å². The molecule has 2 aliphatic rings. The van der Waals surface area contributed by atoms with Crippen LogP contribution in [0.4, 0.5) is 0 Å². The first-order chi connectivity index (χ1) is 17.9. The third-order valence-electron chi connectivity index (χ3n) is 6.53. The van der Waals surface area contributed by atoms with Crippen LogP contribution < -0.4 is 15.4 Å². The van der Waals surface area contributed by atoms with Crippen molar-refractivity contribution >= 4 is 23.6 Å². The molecule has 1 saturated heterocycles. The zero-order valence-corrected chi connectivity index (χ0v) is 20.8. The standard InChI is InChI=1S/C27H32N4O6/c1-2-30-12-13-37-23-11-7-6-10-20(23)25(34)29-22(27(36)31-16-19(32)17-31)15-24(33)28-21(26(30)35)14-18-8-4-3-5-9-18/h3-11,19,21-22,32H,2,12-17H2,1H3,(H,28,33)(H,29,34)/t21-,22+/m1/s1. The number of likely N-dealkylation sites (tertiary alicyclic amines) is 1.